The number of hydrogen-bond donors (Lipinski definition) is 1. The first kappa shape index (κ1) is 15.3. The quantitative estimate of drug-likeness (QED) is 0.736. The van der Waals surface area contributed by atoms with Crippen molar-refractivity contribution in [1.82, 2.24) is 5.32 Å². The Hall–Kier alpha value is -0.770. The second kappa shape index (κ2) is 8.35. The number of nitrogens with one attached hydrogen (secondary N) is 1. The normalized spacial score (nSPS) is 12.4. The number of methoxy groups -OCH3 is 1. The van der Waals surface area contributed by atoms with Crippen molar-refractivity contribution in [2.24, 2.45) is 0 Å². The Balaban J connectivity index is 2.73. The van der Waals surface area contributed by atoms with E-state index in [1.54, 1.807) is 7.11 Å². The lowest BCUT2D eigenvalue weighted by molar-refractivity contribution is 0.0914. The van der Waals surface area contributed by atoms with Crippen LogP contribution in [0.3, 0.4) is 0 Å². The molecule has 1 N–H and O–H groups in total. The highest BCUT2D eigenvalue weighted by atomic mass is 35.5. The Morgan fingerprint density at radius 1 is 1.39 bits per heavy atom. The molecule has 0 saturated heterocycles. The van der Waals surface area contributed by atoms with E-state index < -0.39 is 0 Å². The second-order valence-electron chi connectivity index (χ2n) is 4.29. The van der Waals surface area contributed by atoms with Gasteiger partial charge in [0.25, 0.3) is 0 Å². The largest absolute Gasteiger partial charge is 0.486 e. The molecule has 102 valence electrons. The standard InChI is InChI=1S/C14H22ClNO2/c1-4-8-16-9-12-6-5-7-13(15)14(12)18-11(2)10-17-3/h5-7,11,16H,4,8-10H2,1-3H3. The molecule has 0 spiro atoms. The minimum absolute atomic E-state index is 0.0141. The van der Waals surface area contributed by atoms with Gasteiger partial charge >= 0.3 is 0 Å². The molecular weight excluding hydrogens is 250 g/mol. The van der Waals surface area contributed by atoms with Gasteiger partial charge in [0.15, 0.2) is 0 Å². The molecule has 4 heteroatoms. The predicted octanol–water partition coefficient (Wildman–Crippen LogP) is 3.25. The molecule has 1 unspecified atom stereocenters. The third-order valence-electron chi connectivity index (χ3n) is 2.51. The molecular formula is C14H22ClNO2. The van der Waals surface area contributed by atoms with E-state index in [9.17, 15) is 0 Å². The molecule has 0 heterocycles. The molecule has 0 aromatic heterocycles. The van der Waals surface area contributed by atoms with Crippen molar-refractivity contribution in [2.45, 2.75) is 32.9 Å². The van der Waals surface area contributed by atoms with Crippen LogP contribution in [0.25, 0.3) is 0 Å². The van der Waals surface area contributed by atoms with Gasteiger partial charge < -0.3 is 14.8 Å². The van der Waals surface area contributed by atoms with Gasteiger partial charge in [0.05, 0.1) is 11.6 Å². The van der Waals surface area contributed by atoms with E-state index in [-0.39, 0.29) is 6.10 Å². The minimum atomic E-state index is -0.0141. The third-order valence-corrected chi connectivity index (χ3v) is 2.81. The van der Waals surface area contributed by atoms with E-state index in [0.29, 0.717) is 11.6 Å². The average molecular weight is 272 g/mol. The number of hydrogen-bond acceptors (Lipinski definition) is 3. The Morgan fingerprint density at radius 3 is 2.83 bits per heavy atom. The van der Waals surface area contributed by atoms with Crippen molar-refractivity contribution in [3.05, 3.63) is 28.8 Å². The van der Waals surface area contributed by atoms with E-state index in [2.05, 4.69) is 12.2 Å². The van der Waals surface area contributed by atoms with Crippen molar-refractivity contribution in [1.29, 1.82) is 0 Å². The molecule has 0 saturated carbocycles. The van der Waals surface area contributed by atoms with Gasteiger partial charge in [0.2, 0.25) is 0 Å². The zero-order chi connectivity index (χ0) is 13.4. The van der Waals surface area contributed by atoms with Gasteiger partial charge in [0.1, 0.15) is 11.9 Å². The lowest BCUT2D eigenvalue weighted by Crippen LogP contribution is -2.20. The molecule has 1 aromatic carbocycles. The van der Waals surface area contributed by atoms with Gasteiger partial charge in [-0.1, -0.05) is 30.7 Å². The Kier molecular flexibility index (Phi) is 7.09. The third kappa shape index (κ3) is 4.84. The summed E-state index contributed by atoms with van der Waals surface area (Å²) in [6, 6.07) is 5.82. The molecule has 0 aliphatic carbocycles. The fraction of sp³-hybridized carbons (Fsp3) is 0.571. The van der Waals surface area contributed by atoms with Gasteiger partial charge in [0, 0.05) is 19.2 Å². The van der Waals surface area contributed by atoms with Crippen LogP contribution >= 0.6 is 11.6 Å². The summed E-state index contributed by atoms with van der Waals surface area (Å²) >= 11 is 6.19. The first-order valence-electron chi connectivity index (χ1n) is 6.32. The van der Waals surface area contributed by atoms with E-state index in [1.807, 2.05) is 25.1 Å². The summed E-state index contributed by atoms with van der Waals surface area (Å²) in [6.45, 7) is 6.41. The van der Waals surface area contributed by atoms with Crippen LogP contribution in [0.2, 0.25) is 5.02 Å². The Morgan fingerprint density at radius 2 is 2.17 bits per heavy atom. The summed E-state index contributed by atoms with van der Waals surface area (Å²) in [5, 5.41) is 4.00. The maximum Gasteiger partial charge on any atom is 0.142 e. The number of para-hydroxylation sites is 1. The van der Waals surface area contributed by atoms with E-state index in [0.717, 1.165) is 30.8 Å². The first-order chi connectivity index (χ1) is 8.69. The van der Waals surface area contributed by atoms with Gasteiger partial charge in [-0.05, 0) is 26.0 Å². The topological polar surface area (TPSA) is 30.5 Å². The van der Waals surface area contributed by atoms with Crippen LogP contribution in [-0.4, -0.2) is 26.4 Å². The van der Waals surface area contributed by atoms with Crippen LogP contribution in [0.1, 0.15) is 25.8 Å². The fourth-order valence-corrected chi connectivity index (χ4v) is 1.93. The van der Waals surface area contributed by atoms with E-state index >= 15 is 0 Å². The molecule has 0 aliphatic rings. The monoisotopic (exact) mass is 271 g/mol. The first-order valence-corrected chi connectivity index (χ1v) is 6.70. The smallest absolute Gasteiger partial charge is 0.142 e. The molecule has 18 heavy (non-hydrogen) atoms. The van der Waals surface area contributed by atoms with Crippen molar-refractivity contribution in [3.63, 3.8) is 0 Å². The van der Waals surface area contributed by atoms with Gasteiger partial charge in [-0.2, -0.15) is 0 Å². The molecule has 0 bridgehead atoms. The molecule has 0 fully saturated rings. The lowest BCUT2D eigenvalue weighted by Gasteiger charge is -2.18. The number of ether oxygens (including phenoxy) is 2. The summed E-state index contributed by atoms with van der Waals surface area (Å²) in [6.07, 6.45) is 1.09. The highest BCUT2D eigenvalue weighted by molar-refractivity contribution is 6.32. The molecule has 3 nitrogen and oxygen atoms in total. The number of rotatable bonds is 8. The van der Waals surface area contributed by atoms with Crippen LogP contribution in [-0.2, 0) is 11.3 Å². The lowest BCUT2D eigenvalue weighted by atomic mass is 10.2. The molecule has 1 atom stereocenters. The van der Waals surface area contributed by atoms with E-state index in [4.69, 9.17) is 21.1 Å². The summed E-state index contributed by atoms with van der Waals surface area (Å²) in [4.78, 5) is 0. The molecule has 0 radical (unpaired) electrons. The van der Waals surface area contributed by atoms with Crippen molar-refractivity contribution in [3.8, 4) is 5.75 Å². The summed E-state index contributed by atoms with van der Waals surface area (Å²) in [7, 11) is 1.66. The highest BCUT2D eigenvalue weighted by Crippen LogP contribution is 2.29. The highest BCUT2D eigenvalue weighted by Gasteiger charge is 2.11. The number of halogens is 1. The van der Waals surface area contributed by atoms with Crippen LogP contribution in [0.15, 0.2) is 18.2 Å². The van der Waals surface area contributed by atoms with Gasteiger partial charge in [-0.15, -0.1) is 0 Å². The predicted molar refractivity (Wildman–Crippen MR) is 75.4 cm³/mol. The summed E-state index contributed by atoms with van der Waals surface area (Å²) in [5.74, 6) is 0.757. The summed E-state index contributed by atoms with van der Waals surface area (Å²) in [5.41, 5.74) is 1.08. The zero-order valence-corrected chi connectivity index (χ0v) is 12.1. The SMILES string of the molecule is CCCNCc1cccc(Cl)c1OC(C)COC. The van der Waals surface area contributed by atoms with Crippen molar-refractivity contribution >= 4 is 11.6 Å². The molecule has 0 amide bonds. The maximum absolute atomic E-state index is 6.19. The molecule has 1 rings (SSSR count). The van der Waals surface area contributed by atoms with Crippen molar-refractivity contribution < 1.29 is 9.47 Å². The second-order valence-corrected chi connectivity index (χ2v) is 4.70. The molecule has 1 aromatic rings. The fourth-order valence-electron chi connectivity index (χ4n) is 1.69. The number of benzene rings is 1. The Labute approximate surface area is 114 Å². The molecule has 0 aliphatic heterocycles. The maximum atomic E-state index is 6.19. The van der Waals surface area contributed by atoms with Crippen molar-refractivity contribution in [2.75, 3.05) is 20.3 Å². The van der Waals surface area contributed by atoms with Crippen LogP contribution < -0.4 is 10.1 Å². The average Bonchev–Trinajstić information content (AvgIpc) is 2.34. The summed E-state index contributed by atoms with van der Waals surface area (Å²) < 4.78 is 10.9. The van der Waals surface area contributed by atoms with Crippen LogP contribution in [0.5, 0.6) is 5.75 Å². The van der Waals surface area contributed by atoms with Gasteiger partial charge in [-0.3, -0.25) is 0 Å². The van der Waals surface area contributed by atoms with Crippen LogP contribution in [0, 0.1) is 0 Å². The zero-order valence-electron chi connectivity index (χ0n) is 11.3. The van der Waals surface area contributed by atoms with E-state index in [1.165, 1.54) is 0 Å². The minimum Gasteiger partial charge on any atom is -0.486 e. The van der Waals surface area contributed by atoms with Crippen LogP contribution in [0.4, 0.5) is 0 Å². The van der Waals surface area contributed by atoms with Gasteiger partial charge in [-0.25, -0.2) is 0 Å². The Bertz CT molecular complexity index is 358.